The van der Waals surface area contributed by atoms with Gasteiger partial charge in [0.2, 0.25) is 12.8 Å². The second-order valence-corrected chi connectivity index (χ2v) is 3.77. The molecule has 0 radical (unpaired) electrons. The van der Waals surface area contributed by atoms with Crippen LogP contribution in [-0.4, -0.2) is 33.5 Å². The first kappa shape index (κ1) is 13.5. The van der Waals surface area contributed by atoms with E-state index in [9.17, 15) is 4.79 Å². The fraction of sp³-hybridized carbons (Fsp3) is 0.0833. The summed E-state index contributed by atoms with van der Waals surface area (Å²) in [5.74, 6) is -0.119. The molecule has 0 fully saturated rings. The summed E-state index contributed by atoms with van der Waals surface area (Å²) in [4.78, 5) is 11.9. The number of esters is 1. The first-order valence-corrected chi connectivity index (χ1v) is 5.86. The highest BCUT2D eigenvalue weighted by Crippen LogP contribution is 2.31. The van der Waals surface area contributed by atoms with Crippen molar-refractivity contribution >= 4 is 5.97 Å². The highest BCUT2D eigenvalue weighted by molar-refractivity contribution is 5.91. The summed E-state index contributed by atoms with van der Waals surface area (Å²) in [6.07, 6.45) is 1.86. The molecule has 0 aliphatic carbocycles. The van der Waals surface area contributed by atoms with Crippen molar-refractivity contribution < 1.29 is 27.8 Å². The van der Waals surface area contributed by atoms with Crippen LogP contribution < -0.4 is 14.2 Å². The summed E-state index contributed by atoms with van der Waals surface area (Å²) in [5, 5.41) is 13.9. The molecule has 2 aromatic heterocycles. The Bertz CT molecular complexity index is 756. The standard InChI is InChI=1S/C12H8N4O6/c1-18-9-4-7(10(17)22-12-16-14-6-20-12)2-3-8(9)21-11-15-13-5-19-11/h2-6H,1H3. The van der Waals surface area contributed by atoms with Gasteiger partial charge in [-0.15, -0.1) is 10.2 Å². The predicted molar refractivity (Wildman–Crippen MR) is 66.6 cm³/mol. The lowest BCUT2D eigenvalue weighted by atomic mass is 10.2. The van der Waals surface area contributed by atoms with E-state index in [1.165, 1.54) is 25.3 Å². The van der Waals surface area contributed by atoms with Gasteiger partial charge in [-0.1, -0.05) is 10.2 Å². The molecule has 3 aromatic rings. The molecule has 0 atom stereocenters. The van der Waals surface area contributed by atoms with E-state index in [1.807, 2.05) is 0 Å². The van der Waals surface area contributed by atoms with Gasteiger partial charge < -0.3 is 23.0 Å². The first-order chi connectivity index (χ1) is 10.8. The Kier molecular flexibility index (Phi) is 3.64. The predicted octanol–water partition coefficient (Wildman–Crippen LogP) is 1.47. The van der Waals surface area contributed by atoms with Crippen LogP contribution in [0.5, 0.6) is 23.7 Å². The molecule has 0 unspecified atom stereocenters. The van der Waals surface area contributed by atoms with Gasteiger partial charge in [0.15, 0.2) is 11.5 Å². The molecule has 10 nitrogen and oxygen atoms in total. The second kappa shape index (κ2) is 5.91. The SMILES string of the molecule is COc1cc(C(=O)Oc2nnco2)ccc1Oc1nnco1. The van der Waals surface area contributed by atoms with Gasteiger partial charge in [0.25, 0.3) is 0 Å². The van der Waals surface area contributed by atoms with Crippen molar-refractivity contribution in [2.75, 3.05) is 7.11 Å². The molecule has 0 saturated carbocycles. The van der Waals surface area contributed by atoms with Gasteiger partial charge >= 0.3 is 18.1 Å². The molecule has 0 amide bonds. The minimum Gasteiger partial charge on any atom is -0.493 e. The lowest BCUT2D eigenvalue weighted by molar-refractivity contribution is 0.0682. The number of hydrogen-bond donors (Lipinski definition) is 0. The molecule has 0 N–H and O–H groups in total. The van der Waals surface area contributed by atoms with Crippen molar-refractivity contribution in [2.45, 2.75) is 0 Å². The summed E-state index contributed by atoms with van der Waals surface area (Å²) >= 11 is 0. The number of benzene rings is 1. The molecular formula is C12H8N4O6. The number of methoxy groups -OCH3 is 1. The van der Waals surface area contributed by atoms with Crippen molar-refractivity contribution in [3.05, 3.63) is 36.5 Å². The van der Waals surface area contributed by atoms with E-state index in [0.29, 0.717) is 5.75 Å². The molecule has 10 heteroatoms. The molecular weight excluding hydrogens is 296 g/mol. The Labute approximate surface area is 122 Å². The molecule has 0 bridgehead atoms. The average molecular weight is 304 g/mol. The minimum absolute atomic E-state index is 0.0560. The van der Waals surface area contributed by atoms with Crippen LogP contribution in [0, 0.1) is 0 Å². The highest BCUT2D eigenvalue weighted by atomic mass is 16.6. The quantitative estimate of drug-likeness (QED) is 0.640. The zero-order valence-electron chi connectivity index (χ0n) is 11.1. The summed E-state index contributed by atoms with van der Waals surface area (Å²) in [5.41, 5.74) is 0.202. The fourth-order valence-corrected chi connectivity index (χ4v) is 1.53. The average Bonchev–Trinajstić information content (AvgIpc) is 3.21. The monoisotopic (exact) mass is 304 g/mol. The summed E-state index contributed by atoms with van der Waals surface area (Å²) < 4.78 is 24.9. The molecule has 0 aliphatic rings. The molecule has 3 rings (SSSR count). The number of ether oxygens (including phenoxy) is 3. The maximum Gasteiger partial charge on any atom is 0.422 e. The van der Waals surface area contributed by atoms with Crippen molar-refractivity contribution in [1.82, 2.24) is 20.4 Å². The Balaban J connectivity index is 1.80. The molecule has 0 saturated heterocycles. The third-order valence-corrected chi connectivity index (χ3v) is 2.46. The topological polar surface area (TPSA) is 123 Å². The number of carbonyl (C=O) groups excluding carboxylic acids is 1. The number of carbonyl (C=O) groups is 1. The van der Waals surface area contributed by atoms with Gasteiger partial charge in [-0.2, -0.15) is 0 Å². The van der Waals surface area contributed by atoms with Gasteiger partial charge in [-0.05, 0) is 18.2 Å². The zero-order valence-corrected chi connectivity index (χ0v) is 11.1. The first-order valence-electron chi connectivity index (χ1n) is 5.86. The zero-order chi connectivity index (χ0) is 15.4. The van der Waals surface area contributed by atoms with Crippen LogP contribution in [0.2, 0.25) is 0 Å². The number of rotatable bonds is 5. The highest BCUT2D eigenvalue weighted by Gasteiger charge is 2.16. The van der Waals surface area contributed by atoms with E-state index >= 15 is 0 Å². The molecule has 2 heterocycles. The molecule has 0 spiro atoms. The normalized spacial score (nSPS) is 10.2. The number of nitrogens with zero attached hydrogens (tertiary/aromatic N) is 4. The Morgan fingerprint density at radius 2 is 1.77 bits per heavy atom. The molecule has 112 valence electrons. The van der Waals surface area contributed by atoms with E-state index in [1.54, 1.807) is 0 Å². The van der Waals surface area contributed by atoms with Crippen LogP contribution in [0.25, 0.3) is 0 Å². The second-order valence-electron chi connectivity index (χ2n) is 3.77. The third-order valence-electron chi connectivity index (χ3n) is 2.46. The summed E-state index contributed by atoms with van der Waals surface area (Å²) in [6.45, 7) is 0. The van der Waals surface area contributed by atoms with Crippen molar-refractivity contribution in [2.24, 2.45) is 0 Å². The maximum absolute atomic E-state index is 11.9. The van der Waals surface area contributed by atoms with E-state index in [2.05, 4.69) is 20.4 Å². The van der Waals surface area contributed by atoms with Crippen molar-refractivity contribution in [3.63, 3.8) is 0 Å². The molecule has 0 aliphatic heterocycles. The fourth-order valence-electron chi connectivity index (χ4n) is 1.53. The largest absolute Gasteiger partial charge is 0.493 e. The number of aromatic nitrogens is 4. The third kappa shape index (κ3) is 2.85. The van der Waals surface area contributed by atoms with Crippen molar-refractivity contribution in [1.29, 1.82) is 0 Å². The van der Waals surface area contributed by atoms with Crippen LogP contribution in [0.1, 0.15) is 10.4 Å². The van der Waals surface area contributed by atoms with Gasteiger partial charge in [0, 0.05) is 0 Å². The smallest absolute Gasteiger partial charge is 0.422 e. The van der Waals surface area contributed by atoms with E-state index in [0.717, 1.165) is 12.8 Å². The van der Waals surface area contributed by atoms with Gasteiger partial charge in [-0.25, -0.2) is 4.79 Å². The Morgan fingerprint density at radius 1 is 1.05 bits per heavy atom. The van der Waals surface area contributed by atoms with E-state index < -0.39 is 5.97 Å². The summed E-state index contributed by atoms with van der Waals surface area (Å²) in [6, 6.07) is 4.38. The lowest BCUT2D eigenvalue weighted by Gasteiger charge is -2.08. The molecule has 22 heavy (non-hydrogen) atoms. The van der Waals surface area contributed by atoms with E-state index in [4.69, 9.17) is 23.0 Å². The van der Waals surface area contributed by atoms with Crippen LogP contribution in [-0.2, 0) is 0 Å². The van der Waals surface area contributed by atoms with Gasteiger partial charge in [0.1, 0.15) is 0 Å². The van der Waals surface area contributed by atoms with Gasteiger partial charge in [0.05, 0.1) is 12.7 Å². The lowest BCUT2D eigenvalue weighted by Crippen LogP contribution is -2.09. The van der Waals surface area contributed by atoms with Crippen LogP contribution in [0.15, 0.2) is 39.8 Å². The van der Waals surface area contributed by atoms with Crippen LogP contribution in [0.4, 0.5) is 0 Å². The minimum atomic E-state index is -0.688. The Morgan fingerprint density at radius 3 is 2.41 bits per heavy atom. The van der Waals surface area contributed by atoms with Crippen LogP contribution >= 0.6 is 0 Å². The Hall–Kier alpha value is -3.43. The summed E-state index contributed by atoms with van der Waals surface area (Å²) in [7, 11) is 1.42. The number of hydrogen-bond acceptors (Lipinski definition) is 10. The van der Waals surface area contributed by atoms with Crippen molar-refractivity contribution in [3.8, 4) is 23.7 Å². The molecule has 1 aromatic carbocycles. The van der Waals surface area contributed by atoms with Gasteiger partial charge in [-0.3, -0.25) is 0 Å². The van der Waals surface area contributed by atoms with E-state index in [-0.39, 0.29) is 23.5 Å². The van der Waals surface area contributed by atoms with Crippen LogP contribution in [0.3, 0.4) is 0 Å². The maximum atomic E-state index is 11.9.